The number of amides is 1. The molecule has 0 fully saturated rings. The van der Waals surface area contributed by atoms with Crippen LogP contribution in [0.4, 0.5) is 0 Å². The molecule has 1 aliphatic heterocycles. The maximum Gasteiger partial charge on any atom is 0.254 e. The molecule has 1 aliphatic rings. The minimum Gasteiger partial charge on any atom is -0.334 e. The van der Waals surface area contributed by atoms with E-state index in [-0.39, 0.29) is 5.91 Å². The van der Waals surface area contributed by atoms with E-state index in [2.05, 4.69) is 22.6 Å². The Kier molecular flexibility index (Phi) is 4.43. The normalized spacial score (nSPS) is 14.2. The van der Waals surface area contributed by atoms with Crippen LogP contribution in [0.3, 0.4) is 0 Å². The summed E-state index contributed by atoms with van der Waals surface area (Å²) in [7, 11) is 0. The van der Waals surface area contributed by atoms with Gasteiger partial charge < -0.3 is 4.90 Å². The molecule has 2 nitrogen and oxygen atoms in total. The van der Waals surface area contributed by atoms with E-state index in [0.717, 1.165) is 26.7 Å². The first-order chi connectivity index (χ1) is 10.1. The van der Waals surface area contributed by atoms with Gasteiger partial charge in [0.1, 0.15) is 0 Å². The van der Waals surface area contributed by atoms with Crippen molar-refractivity contribution in [2.45, 2.75) is 13.0 Å². The molecule has 0 bridgehead atoms. The van der Waals surface area contributed by atoms with Crippen LogP contribution >= 0.6 is 45.8 Å². The quantitative estimate of drug-likeness (QED) is 0.625. The maximum atomic E-state index is 12.6. The molecule has 1 amide bonds. The van der Waals surface area contributed by atoms with Gasteiger partial charge in [0.05, 0.1) is 10.0 Å². The molecule has 1 heterocycles. The second-order valence-corrected chi connectivity index (χ2v) is 7.02. The number of carbonyl (C=O) groups is 1. The first kappa shape index (κ1) is 15.1. The molecule has 0 atom stereocenters. The zero-order chi connectivity index (χ0) is 15.0. The lowest BCUT2D eigenvalue weighted by molar-refractivity contribution is 0.0727. The van der Waals surface area contributed by atoms with Gasteiger partial charge >= 0.3 is 0 Å². The lowest BCUT2D eigenvalue weighted by atomic mass is 9.98. The summed E-state index contributed by atoms with van der Waals surface area (Å²) in [6.45, 7) is 1.19. The second-order valence-electron chi connectivity index (χ2n) is 4.99. The fraction of sp³-hybridized carbons (Fsp3) is 0.188. The monoisotopic (exact) mass is 431 g/mol. The summed E-state index contributed by atoms with van der Waals surface area (Å²) in [5.41, 5.74) is 2.80. The molecular formula is C16H12Cl2INO. The molecule has 0 unspecified atom stereocenters. The van der Waals surface area contributed by atoms with Crippen LogP contribution in [-0.2, 0) is 13.0 Å². The number of benzene rings is 2. The largest absolute Gasteiger partial charge is 0.334 e. The van der Waals surface area contributed by atoms with E-state index < -0.39 is 0 Å². The Morgan fingerprint density at radius 2 is 2.00 bits per heavy atom. The zero-order valence-electron chi connectivity index (χ0n) is 11.1. The van der Waals surface area contributed by atoms with E-state index >= 15 is 0 Å². The van der Waals surface area contributed by atoms with Crippen LogP contribution in [0.25, 0.3) is 0 Å². The Morgan fingerprint density at radius 1 is 1.19 bits per heavy atom. The molecule has 5 heteroatoms. The van der Waals surface area contributed by atoms with Crippen LogP contribution < -0.4 is 0 Å². The van der Waals surface area contributed by atoms with Crippen molar-refractivity contribution in [3.63, 3.8) is 0 Å². The summed E-state index contributed by atoms with van der Waals surface area (Å²) >= 11 is 14.5. The highest BCUT2D eigenvalue weighted by Crippen LogP contribution is 2.28. The van der Waals surface area contributed by atoms with Crippen LogP contribution in [0.5, 0.6) is 0 Å². The Morgan fingerprint density at radius 3 is 2.81 bits per heavy atom. The number of halogens is 3. The second kappa shape index (κ2) is 6.15. The summed E-state index contributed by atoms with van der Waals surface area (Å²) < 4.78 is 1.07. The number of carbonyl (C=O) groups excluding carboxylic acids is 1. The zero-order valence-corrected chi connectivity index (χ0v) is 14.7. The van der Waals surface area contributed by atoms with Gasteiger partial charge in [0, 0.05) is 22.2 Å². The van der Waals surface area contributed by atoms with Crippen LogP contribution in [0.1, 0.15) is 21.5 Å². The topological polar surface area (TPSA) is 20.3 Å². The summed E-state index contributed by atoms with van der Waals surface area (Å²) in [6.07, 6.45) is 0.871. The predicted octanol–water partition coefficient (Wildman–Crippen LogP) is 4.80. The van der Waals surface area contributed by atoms with Crippen molar-refractivity contribution in [3.05, 3.63) is 66.7 Å². The van der Waals surface area contributed by atoms with Crippen molar-refractivity contribution in [1.29, 1.82) is 0 Å². The maximum absolute atomic E-state index is 12.6. The Labute approximate surface area is 147 Å². The lowest BCUT2D eigenvalue weighted by Crippen LogP contribution is -2.37. The summed E-state index contributed by atoms with van der Waals surface area (Å²) in [4.78, 5) is 14.4. The summed E-state index contributed by atoms with van der Waals surface area (Å²) in [5.74, 6) is 0.0609. The summed E-state index contributed by atoms with van der Waals surface area (Å²) in [5, 5.41) is 1.05. The van der Waals surface area contributed by atoms with Crippen LogP contribution in [0, 0.1) is 3.57 Å². The Bertz CT molecular complexity index is 717. The van der Waals surface area contributed by atoms with Gasteiger partial charge in [-0.3, -0.25) is 4.79 Å². The molecule has 0 spiro atoms. The van der Waals surface area contributed by atoms with Crippen molar-refractivity contribution < 1.29 is 4.79 Å². The molecule has 0 N–H and O–H groups in total. The molecule has 2 aromatic rings. The highest BCUT2D eigenvalue weighted by atomic mass is 127. The van der Waals surface area contributed by atoms with E-state index in [0.29, 0.717) is 23.1 Å². The molecule has 108 valence electrons. The van der Waals surface area contributed by atoms with Gasteiger partial charge in [0.25, 0.3) is 5.91 Å². The molecule has 21 heavy (non-hydrogen) atoms. The highest BCUT2D eigenvalue weighted by molar-refractivity contribution is 14.1. The number of hydrogen-bond donors (Lipinski definition) is 0. The highest BCUT2D eigenvalue weighted by Gasteiger charge is 2.25. The molecule has 0 aromatic heterocycles. The van der Waals surface area contributed by atoms with Crippen LogP contribution in [-0.4, -0.2) is 17.4 Å². The van der Waals surface area contributed by atoms with Gasteiger partial charge in [-0.25, -0.2) is 0 Å². The van der Waals surface area contributed by atoms with Gasteiger partial charge in [-0.1, -0.05) is 41.4 Å². The molecule has 3 rings (SSSR count). The van der Waals surface area contributed by atoms with Crippen molar-refractivity contribution in [2.75, 3.05) is 6.54 Å². The van der Waals surface area contributed by atoms with Crippen molar-refractivity contribution in [2.24, 2.45) is 0 Å². The molecule has 0 aliphatic carbocycles. The van der Waals surface area contributed by atoms with Crippen LogP contribution in [0.15, 0.2) is 36.4 Å². The first-order valence-corrected chi connectivity index (χ1v) is 8.40. The summed E-state index contributed by atoms with van der Waals surface area (Å²) in [6, 6.07) is 11.5. The van der Waals surface area contributed by atoms with Gasteiger partial charge in [-0.2, -0.15) is 0 Å². The van der Waals surface area contributed by atoms with Gasteiger partial charge in [-0.05, 0) is 58.3 Å². The van der Waals surface area contributed by atoms with Crippen LogP contribution in [0.2, 0.25) is 10.0 Å². The third kappa shape index (κ3) is 3.05. The van der Waals surface area contributed by atoms with E-state index in [1.807, 2.05) is 35.2 Å². The number of nitrogens with zero attached hydrogens (tertiary/aromatic N) is 1. The molecular weight excluding hydrogens is 420 g/mol. The van der Waals surface area contributed by atoms with E-state index in [9.17, 15) is 4.79 Å². The smallest absolute Gasteiger partial charge is 0.254 e. The van der Waals surface area contributed by atoms with Crippen molar-refractivity contribution in [1.82, 2.24) is 4.90 Å². The standard InChI is InChI=1S/C16H12Cl2INO/c17-14-3-1-2-11(15(14)18)9-20-7-6-10-4-5-12(19)8-13(10)16(20)21/h1-5,8H,6-7,9H2. The minimum absolute atomic E-state index is 0.0609. The Hall–Kier alpha value is -0.780. The van der Waals surface area contributed by atoms with E-state index in [1.54, 1.807) is 6.07 Å². The third-order valence-corrected chi connectivity index (χ3v) is 5.16. The van der Waals surface area contributed by atoms with E-state index in [1.165, 1.54) is 0 Å². The molecule has 0 radical (unpaired) electrons. The first-order valence-electron chi connectivity index (χ1n) is 6.57. The average Bonchev–Trinajstić information content (AvgIpc) is 2.47. The Balaban J connectivity index is 1.88. The van der Waals surface area contributed by atoms with Crippen molar-refractivity contribution >= 4 is 51.7 Å². The van der Waals surface area contributed by atoms with Gasteiger partial charge in [0.15, 0.2) is 0 Å². The number of hydrogen-bond acceptors (Lipinski definition) is 1. The average molecular weight is 432 g/mol. The molecule has 0 saturated heterocycles. The fourth-order valence-corrected chi connectivity index (χ4v) is 3.39. The molecule has 0 saturated carbocycles. The van der Waals surface area contributed by atoms with Gasteiger partial charge in [0.2, 0.25) is 0 Å². The van der Waals surface area contributed by atoms with Crippen molar-refractivity contribution in [3.8, 4) is 0 Å². The SMILES string of the molecule is O=C1c2cc(I)ccc2CCN1Cc1cccc(Cl)c1Cl. The lowest BCUT2D eigenvalue weighted by Gasteiger charge is -2.29. The number of rotatable bonds is 2. The van der Waals surface area contributed by atoms with E-state index in [4.69, 9.17) is 23.2 Å². The number of fused-ring (bicyclic) bond motifs is 1. The van der Waals surface area contributed by atoms with Gasteiger partial charge in [-0.15, -0.1) is 0 Å². The fourth-order valence-electron chi connectivity index (χ4n) is 2.52. The minimum atomic E-state index is 0.0609. The third-order valence-electron chi connectivity index (χ3n) is 3.63. The predicted molar refractivity (Wildman–Crippen MR) is 94.1 cm³/mol. The molecule has 2 aromatic carbocycles.